The third kappa shape index (κ3) is 5.53. The Morgan fingerprint density at radius 3 is 2.71 bits per heavy atom. The fourth-order valence-corrected chi connectivity index (χ4v) is 2.82. The molecular formula is C18H26N2O4. The number of amides is 1. The van der Waals surface area contributed by atoms with Crippen LogP contribution >= 0.6 is 0 Å². The van der Waals surface area contributed by atoms with E-state index in [2.05, 4.69) is 12.2 Å². The van der Waals surface area contributed by atoms with Crippen LogP contribution in [0.1, 0.15) is 38.2 Å². The highest BCUT2D eigenvalue weighted by Gasteiger charge is 2.29. The molecule has 6 nitrogen and oxygen atoms in total. The van der Waals surface area contributed by atoms with Crippen molar-refractivity contribution in [3.8, 4) is 5.75 Å². The Morgan fingerprint density at radius 1 is 1.29 bits per heavy atom. The lowest BCUT2D eigenvalue weighted by molar-refractivity contribution is -0.145. The molecule has 2 N–H and O–H groups in total. The Balaban J connectivity index is 1.79. The summed E-state index contributed by atoms with van der Waals surface area (Å²) in [5.74, 6) is -0.163. The Hall–Kier alpha value is -2.08. The van der Waals surface area contributed by atoms with Crippen LogP contribution in [0, 0.1) is 0 Å². The molecule has 1 heterocycles. The van der Waals surface area contributed by atoms with Gasteiger partial charge in [-0.15, -0.1) is 0 Å². The quantitative estimate of drug-likeness (QED) is 0.760. The van der Waals surface area contributed by atoms with Gasteiger partial charge in [-0.05, 0) is 43.5 Å². The van der Waals surface area contributed by atoms with E-state index in [1.165, 1.54) is 0 Å². The lowest BCUT2D eigenvalue weighted by Crippen LogP contribution is -2.48. The SMILES string of the molecule is CCCOc1ccc(CNC(=O)CN2CCCCC2C(=O)O)cc1. The van der Waals surface area contributed by atoms with Crippen molar-refractivity contribution >= 4 is 11.9 Å². The third-order valence-electron chi connectivity index (χ3n) is 4.13. The van der Waals surface area contributed by atoms with Gasteiger partial charge in [0.1, 0.15) is 11.8 Å². The number of carboxylic acid groups (broad SMARTS) is 1. The monoisotopic (exact) mass is 334 g/mol. The molecule has 0 saturated carbocycles. The van der Waals surface area contributed by atoms with Crippen LogP contribution in [0.2, 0.25) is 0 Å². The zero-order chi connectivity index (χ0) is 17.4. The summed E-state index contributed by atoms with van der Waals surface area (Å²) in [6.45, 7) is 3.97. The molecule has 132 valence electrons. The molecule has 1 atom stereocenters. The topological polar surface area (TPSA) is 78.9 Å². The van der Waals surface area contributed by atoms with Crippen molar-refractivity contribution in [2.75, 3.05) is 19.7 Å². The number of ether oxygens (including phenoxy) is 1. The zero-order valence-corrected chi connectivity index (χ0v) is 14.2. The van der Waals surface area contributed by atoms with Gasteiger partial charge in [0, 0.05) is 6.54 Å². The Bertz CT molecular complexity index is 544. The first kappa shape index (κ1) is 18.3. The van der Waals surface area contributed by atoms with Crippen molar-refractivity contribution in [2.24, 2.45) is 0 Å². The van der Waals surface area contributed by atoms with Crippen molar-refractivity contribution in [1.29, 1.82) is 0 Å². The first-order valence-electron chi connectivity index (χ1n) is 8.55. The van der Waals surface area contributed by atoms with Gasteiger partial charge in [-0.1, -0.05) is 25.5 Å². The highest BCUT2D eigenvalue weighted by Crippen LogP contribution is 2.17. The highest BCUT2D eigenvalue weighted by molar-refractivity contribution is 5.80. The number of carboxylic acids is 1. The van der Waals surface area contributed by atoms with Crippen LogP contribution < -0.4 is 10.1 Å². The minimum atomic E-state index is -0.842. The van der Waals surface area contributed by atoms with E-state index in [9.17, 15) is 14.7 Å². The summed E-state index contributed by atoms with van der Waals surface area (Å²) in [6.07, 6.45) is 3.42. The van der Waals surface area contributed by atoms with E-state index in [1.54, 1.807) is 4.90 Å². The molecule has 0 bridgehead atoms. The largest absolute Gasteiger partial charge is 0.494 e. The van der Waals surface area contributed by atoms with Crippen LogP contribution in [-0.2, 0) is 16.1 Å². The Labute approximate surface area is 142 Å². The molecule has 1 aromatic rings. The predicted molar refractivity (Wildman–Crippen MR) is 90.9 cm³/mol. The molecule has 0 spiro atoms. The maximum Gasteiger partial charge on any atom is 0.320 e. The lowest BCUT2D eigenvalue weighted by atomic mass is 10.0. The summed E-state index contributed by atoms with van der Waals surface area (Å²) in [7, 11) is 0. The summed E-state index contributed by atoms with van der Waals surface area (Å²) in [6, 6.07) is 7.09. The Kier molecular flexibility index (Phi) is 7.06. The molecule has 1 aliphatic rings. The average molecular weight is 334 g/mol. The smallest absolute Gasteiger partial charge is 0.320 e. The molecule has 1 saturated heterocycles. The number of hydrogen-bond acceptors (Lipinski definition) is 4. The van der Waals surface area contributed by atoms with Crippen molar-refractivity contribution < 1.29 is 19.4 Å². The van der Waals surface area contributed by atoms with Gasteiger partial charge in [0.2, 0.25) is 5.91 Å². The van der Waals surface area contributed by atoms with Crippen molar-refractivity contribution in [2.45, 2.75) is 45.2 Å². The van der Waals surface area contributed by atoms with Crippen molar-refractivity contribution in [3.05, 3.63) is 29.8 Å². The normalized spacial score (nSPS) is 18.1. The second-order valence-corrected chi connectivity index (χ2v) is 6.09. The van der Waals surface area contributed by atoms with Gasteiger partial charge in [-0.3, -0.25) is 14.5 Å². The summed E-state index contributed by atoms with van der Waals surface area (Å²) < 4.78 is 5.52. The van der Waals surface area contributed by atoms with Gasteiger partial charge >= 0.3 is 5.97 Å². The molecule has 2 rings (SSSR count). The number of hydrogen-bond donors (Lipinski definition) is 2. The minimum Gasteiger partial charge on any atom is -0.494 e. The molecule has 0 aliphatic carbocycles. The summed E-state index contributed by atoms with van der Waals surface area (Å²) in [5, 5.41) is 12.1. The Morgan fingerprint density at radius 2 is 2.04 bits per heavy atom. The molecular weight excluding hydrogens is 308 g/mol. The fourth-order valence-electron chi connectivity index (χ4n) is 2.82. The number of nitrogens with one attached hydrogen (secondary N) is 1. The molecule has 6 heteroatoms. The van der Waals surface area contributed by atoms with E-state index in [4.69, 9.17) is 4.74 Å². The second-order valence-electron chi connectivity index (χ2n) is 6.09. The van der Waals surface area contributed by atoms with Gasteiger partial charge in [-0.25, -0.2) is 0 Å². The molecule has 1 aliphatic heterocycles. The summed E-state index contributed by atoms with van der Waals surface area (Å²) >= 11 is 0. The number of likely N-dealkylation sites (tertiary alicyclic amines) is 1. The molecule has 0 aromatic heterocycles. The molecule has 0 radical (unpaired) electrons. The van der Waals surface area contributed by atoms with Crippen LogP contribution in [0.15, 0.2) is 24.3 Å². The van der Waals surface area contributed by atoms with Crippen LogP contribution in [-0.4, -0.2) is 47.6 Å². The first-order chi connectivity index (χ1) is 11.6. The van der Waals surface area contributed by atoms with Gasteiger partial charge in [0.25, 0.3) is 0 Å². The van der Waals surface area contributed by atoms with Gasteiger partial charge in [0.05, 0.1) is 13.2 Å². The summed E-state index contributed by atoms with van der Waals surface area (Å²) in [4.78, 5) is 25.1. The van der Waals surface area contributed by atoms with E-state index in [0.29, 0.717) is 26.1 Å². The van der Waals surface area contributed by atoms with Gasteiger partial charge in [0.15, 0.2) is 0 Å². The van der Waals surface area contributed by atoms with E-state index in [1.807, 2.05) is 24.3 Å². The van der Waals surface area contributed by atoms with Gasteiger partial charge < -0.3 is 15.2 Å². The van der Waals surface area contributed by atoms with E-state index < -0.39 is 12.0 Å². The van der Waals surface area contributed by atoms with E-state index in [-0.39, 0.29) is 12.5 Å². The summed E-state index contributed by atoms with van der Waals surface area (Å²) in [5.41, 5.74) is 0.987. The maximum absolute atomic E-state index is 12.1. The van der Waals surface area contributed by atoms with Gasteiger partial charge in [-0.2, -0.15) is 0 Å². The lowest BCUT2D eigenvalue weighted by Gasteiger charge is -2.32. The average Bonchev–Trinajstić information content (AvgIpc) is 2.59. The highest BCUT2D eigenvalue weighted by atomic mass is 16.5. The van der Waals surface area contributed by atoms with Crippen LogP contribution in [0.3, 0.4) is 0 Å². The molecule has 24 heavy (non-hydrogen) atoms. The van der Waals surface area contributed by atoms with Crippen molar-refractivity contribution in [1.82, 2.24) is 10.2 Å². The molecule has 1 fully saturated rings. The number of carbonyl (C=O) groups excluding carboxylic acids is 1. The number of carbonyl (C=O) groups is 2. The maximum atomic E-state index is 12.1. The van der Waals surface area contributed by atoms with Crippen LogP contribution in [0.25, 0.3) is 0 Å². The molecule has 1 amide bonds. The van der Waals surface area contributed by atoms with E-state index >= 15 is 0 Å². The number of piperidine rings is 1. The number of benzene rings is 1. The number of nitrogens with zero attached hydrogens (tertiary/aromatic N) is 1. The second kappa shape index (κ2) is 9.27. The first-order valence-corrected chi connectivity index (χ1v) is 8.55. The van der Waals surface area contributed by atoms with Crippen LogP contribution in [0.4, 0.5) is 0 Å². The fraction of sp³-hybridized carbons (Fsp3) is 0.556. The van der Waals surface area contributed by atoms with Crippen molar-refractivity contribution in [3.63, 3.8) is 0 Å². The number of rotatable bonds is 8. The van der Waals surface area contributed by atoms with E-state index in [0.717, 1.165) is 30.6 Å². The number of aliphatic carboxylic acids is 1. The minimum absolute atomic E-state index is 0.134. The third-order valence-corrected chi connectivity index (χ3v) is 4.13. The molecule has 1 unspecified atom stereocenters. The van der Waals surface area contributed by atoms with Crippen LogP contribution in [0.5, 0.6) is 5.75 Å². The predicted octanol–water partition coefficient (Wildman–Crippen LogP) is 2.03. The standard InChI is InChI=1S/C18H26N2O4/c1-2-11-24-15-8-6-14(7-9-15)12-19-17(21)13-20-10-4-3-5-16(20)18(22)23/h6-9,16H,2-5,10-13H2,1H3,(H,19,21)(H,22,23). The zero-order valence-electron chi connectivity index (χ0n) is 14.2. The molecule has 1 aromatic carbocycles.